The van der Waals surface area contributed by atoms with E-state index in [2.05, 4.69) is 10.5 Å². The normalized spacial score (nSPS) is 10.6. The van der Waals surface area contributed by atoms with Gasteiger partial charge in [0.25, 0.3) is 5.91 Å². The number of rotatable bonds is 10. The first-order valence-corrected chi connectivity index (χ1v) is 10.6. The molecule has 8 nitrogen and oxygen atoms in total. The van der Waals surface area contributed by atoms with Crippen LogP contribution in [-0.4, -0.2) is 40.6 Å². The summed E-state index contributed by atoms with van der Waals surface area (Å²) in [7, 11) is 6.00. The fourth-order valence-electron chi connectivity index (χ4n) is 3.07. The molecule has 178 valence electrons. The molecule has 0 heterocycles. The fraction of sp³-hybridized carbons (Fsp3) is 0.200. The molecule has 0 saturated carbocycles. The molecule has 3 aromatic rings. The molecule has 0 aliphatic rings. The van der Waals surface area contributed by atoms with E-state index in [1.165, 1.54) is 27.5 Å². The Morgan fingerprint density at radius 1 is 0.853 bits per heavy atom. The van der Waals surface area contributed by atoms with Gasteiger partial charge in [0.1, 0.15) is 6.61 Å². The highest BCUT2D eigenvalue weighted by molar-refractivity contribution is 6.30. The highest BCUT2D eigenvalue weighted by atomic mass is 35.5. The van der Waals surface area contributed by atoms with Crippen molar-refractivity contribution in [3.63, 3.8) is 0 Å². The summed E-state index contributed by atoms with van der Waals surface area (Å²) in [5, 5.41) is 4.70. The van der Waals surface area contributed by atoms with Gasteiger partial charge in [-0.3, -0.25) is 4.79 Å². The van der Waals surface area contributed by atoms with Crippen LogP contribution in [0.1, 0.15) is 21.5 Å². The van der Waals surface area contributed by atoms with Crippen molar-refractivity contribution in [1.82, 2.24) is 5.43 Å². The van der Waals surface area contributed by atoms with Crippen molar-refractivity contribution in [3.05, 3.63) is 76.3 Å². The van der Waals surface area contributed by atoms with Gasteiger partial charge < -0.3 is 23.7 Å². The maximum absolute atomic E-state index is 12.6. The first kappa shape index (κ1) is 24.7. The van der Waals surface area contributed by atoms with Gasteiger partial charge in [-0.05, 0) is 53.6 Å². The van der Waals surface area contributed by atoms with E-state index < -0.39 is 5.91 Å². The van der Waals surface area contributed by atoms with E-state index in [1.807, 2.05) is 24.3 Å². The minimum Gasteiger partial charge on any atom is -0.493 e. The quantitative estimate of drug-likeness (QED) is 0.331. The number of ether oxygens (including phenoxy) is 5. The molecule has 0 aliphatic heterocycles. The Morgan fingerprint density at radius 3 is 2.09 bits per heavy atom. The van der Waals surface area contributed by atoms with Gasteiger partial charge in [-0.15, -0.1) is 0 Å². The fourth-order valence-corrected chi connectivity index (χ4v) is 3.19. The summed E-state index contributed by atoms with van der Waals surface area (Å²) in [6.07, 6.45) is 1.50. The SMILES string of the molecule is COc1cc(C=NNC(=O)c2cc(OC)c(OC)c(OC)c2)ccc1OCc1ccc(Cl)cc1. The average molecular weight is 485 g/mol. The minimum absolute atomic E-state index is 0.301. The van der Waals surface area contributed by atoms with Crippen LogP contribution < -0.4 is 29.1 Å². The molecular formula is C25H25ClN2O6. The summed E-state index contributed by atoms with van der Waals surface area (Å²) in [4.78, 5) is 12.6. The van der Waals surface area contributed by atoms with Crippen molar-refractivity contribution in [2.45, 2.75) is 6.61 Å². The number of nitrogens with one attached hydrogen (secondary N) is 1. The lowest BCUT2D eigenvalue weighted by Gasteiger charge is -2.13. The van der Waals surface area contributed by atoms with E-state index in [0.29, 0.717) is 51.5 Å². The lowest BCUT2D eigenvalue weighted by atomic mass is 10.1. The van der Waals surface area contributed by atoms with Gasteiger partial charge in [0.2, 0.25) is 5.75 Å². The van der Waals surface area contributed by atoms with Crippen LogP contribution >= 0.6 is 11.6 Å². The Hall–Kier alpha value is -3.91. The number of methoxy groups -OCH3 is 4. The number of carbonyl (C=O) groups is 1. The third kappa shape index (κ3) is 6.11. The molecule has 0 spiro atoms. The summed E-state index contributed by atoms with van der Waals surface area (Å²) < 4.78 is 27.1. The Balaban J connectivity index is 1.67. The summed E-state index contributed by atoms with van der Waals surface area (Å²) in [6, 6.07) is 15.8. The molecule has 34 heavy (non-hydrogen) atoms. The van der Waals surface area contributed by atoms with Crippen molar-refractivity contribution in [1.29, 1.82) is 0 Å². The van der Waals surface area contributed by atoms with Crippen LogP contribution in [0, 0.1) is 0 Å². The van der Waals surface area contributed by atoms with Crippen molar-refractivity contribution >= 4 is 23.7 Å². The summed E-state index contributed by atoms with van der Waals surface area (Å²) in [6.45, 7) is 0.367. The van der Waals surface area contributed by atoms with Crippen LogP contribution in [0.15, 0.2) is 59.7 Å². The Kier molecular flexibility index (Phi) is 8.59. The van der Waals surface area contributed by atoms with Gasteiger partial charge in [0.05, 0.1) is 34.7 Å². The third-order valence-corrected chi connectivity index (χ3v) is 5.05. The molecule has 0 radical (unpaired) electrons. The predicted molar refractivity (Wildman–Crippen MR) is 130 cm³/mol. The number of hydrogen-bond acceptors (Lipinski definition) is 7. The monoisotopic (exact) mass is 484 g/mol. The molecule has 0 fully saturated rings. The number of hydrazone groups is 1. The van der Waals surface area contributed by atoms with Crippen molar-refractivity contribution in [2.24, 2.45) is 5.10 Å². The zero-order valence-corrected chi connectivity index (χ0v) is 20.0. The number of benzene rings is 3. The van der Waals surface area contributed by atoms with Crippen molar-refractivity contribution in [3.8, 4) is 28.7 Å². The van der Waals surface area contributed by atoms with Crippen LogP contribution in [0.25, 0.3) is 0 Å². The van der Waals surface area contributed by atoms with Gasteiger partial charge in [-0.1, -0.05) is 23.7 Å². The second-order valence-electron chi connectivity index (χ2n) is 6.94. The molecule has 0 aromatic heterocycles. The minimum atomic E-state index is -0.439. The number of nitrogens with zero attached hydrogens (tertiary/aromatic N) is 1. The molecule has 1 amide bonds. The van der Waals surface area contributed by atoms with E-state index in [-0.39, 0.29) is 0 Å². The van der Waals surface area contributed by atoms with E-state index in [0.717, 1.165) is 5.56 Å². The maximum atomic E-state index is 12.6. The largest absolute Gasteiger partial charge is 0.493 e. The molecule has 0 aliphatic carbocycles. The lowest BCUT2D eigenvalue weighted by molar-refractivity contribution is 0.0954. The van der Waals surface area contributed by atoms with Gasteiger partial charge in [0.15, 0.2) is 23.0 Å². The van der Waals surface area contributed by atoms with E-state index in [9.17, 15) is 4.79 Å². The van der Waals surface area contributed by atoms with Crippen LogP contribution in [0.4, 0.5) is 0 Å². The molecule has 0 unspecified atom stereocenters. The van der Waals surface area contributed by atoms with Crippen LogP contribution in [0.2, 0.25) is 5.02 Å². The number of amides is 1. The first-order valence-electron chi connectivity index (χ1n) is 10.2. The smallest absolute Gasteiger partial charge is 0.271 e. The molecule has 0 atom stereocenters. The summed E-state index contributed by atoms with van der Waals surface area (Å²) in [5.41, 5.74) is 4.48. The Bertz CT molecular complexity index is 1140. The van der Waals surface area contributed by atoms with Gasteiger partial charge in [-0.25, -0.2) is 5.43 Å². The Labute approximate surface area is 203 Å². The lowest BCUT2D eigenvalue weighted by Crippen LogP contribution is -2.18. The van der Waals surface area contributed by atoms with Crippen molar-refractivity contribution < 1.29 is 28.5 Å². The second-order valence-corrected chi connectivity index (χ2v) is 7.38. The van der Waals surface area contributed by atoms with E-state index >= 15 is 0 Å². The third-order valence-electron chi connectivity index (χ3n) is 4.80. The summed E-state index contributed by atoms with van der Waals surface area (Å²) in [5.74, 6) is 1.82. The highest BCUT2D eigenvalue weighted by Crippen LogP contribution is 2.38. The van der Waals surface area contributed by atoms with Gasteiger partial charge in [0, 0.05) is 10.6 Å². The number of carbonyl (C=O) groups excluding carboxylic acids is 1. The van der Waals surface area contributed by atoms with Crippen molar-refractivity contribution in [2.75, 3.05) is 28.4 Å². The average Bonchev–Trinajstić information content (AvgIpc) is 2.87. The summed E-state index contributed by atoms with van der Waals surface area (Å²) >= 11 is 5.91. The number of hydrogen-bond donors (Lipinski definition) is 1. The predicted octanol–water partition coefficient (Wildman–Crippen LogP) is 4.72. The number of halogens is 1. The molecule has 9 heteroatoms. The molecule has 0 saturated heterocycles. The molecular weight excluding hydrogens is 460 g/mol. The highest BCUT2D eigenvalue weighted by Gasteiger charge is 2.16. The molecule has 3 rings (SSSR count). The van der Waals surface area contributed by atoms with E-state index in [1.54, 1.807) is 37.4 Å². The molecule has 0 bridgehead atoms. The Morgan fingerprint density at radius 2 is 1.50 bits per heavy atom. The van der Waals surface area contributed by atoms with Crippen LogP contribution in [-0.2, 0) is 6.61 Å². The molecule has 1 N–H and O–H groups in total. The zero-order valence-electron chi connectivity index (χ0n) is 19.3. The second kappa shape index (κ2) is 11.8. The van der Waals surface area contributed by atoms with Crippen LogP contribution in [0.3, 0.4) is 0 Å². The maximum Gasteiger partial charge on any atom is 0.271 e. The standard InChI is InChI=1S/C25H25ClN2O6/c1-30-21-11-17(7-10-20(21)34-15-16-5-8-19(26)9-6-16)14-27-28-25(29)18-12-22(31-2)24(33-4)23(13-18)32-3/h5-14H,15H2,1-4H3,(H,28,29). The topological polar surface area (TPSA) is 87.6 Å². The zero-order chi connectivity index (χ0) is 24.5. The van der Waals surface area contributed by atoms with Gasteiger partial charge in [-0.2, -0.15) is 5.10 Å². The van der Waals surface area contributed by atoms with Gasteiger partial charge >= 0.3 is 0 Å². The van der Waals surface area contributed by atoms with Crippen LogP contribution in [0.5, 0.6) is 28.7 Å². The molecule has 3 aromatic carbocycles. The first-order chi connectivity index (χ1) is 16.5. The van der Waals surface area contributed by atoms with E-state index in [4.69, 9.17) is 35.3 Å².